The lowest BCUT2D eigenvalue weighted by molar-refractivity contribution is -0.114. The standard InChI is InChI=1S/C25H20Cl2N2O2S/c1-29-21-14-18(24(30)28-13-12-16-6-9-19(26)10-7-16)8-11-22(21)32-23(25(29)31)15-17-4-2-3-5-20(17)27/h2-11,14-15H,12-13H2,1H3,(H,28,30)/b23-15-. The van der Waals surface area contributed by atoms with E-state index in [-0.39, 0.29) is 11.8 Å². The van der Waals surface area contributed by atoms with Gasteiger partial charge < -0.3 is 10.2 Å². The molecule has 1 N–H and O–H groups in total. The predicted octanol–water partition coefficient (Wildman–Crippen LogP) is 6.08. The minimum atomic E-state index is -0.176. The van der Waals surface area contributed by atoms with Crippen molar-refractivity contribution >= 4 is 58.5 Å². The maximum Gasteiger partial charge on any atom is 0.264 e. The molecule has 1 aliphatic heterocycles. The number of hydrogen-bond acceptors (Lipinski definition) is 3. The van der Waals surface area contributed by atoms with Crippen molar-refractivity contribution in [3.63, 3.8) is 0 Å². The fraction of sp³-hybridized carbons (Fsp3) is 0.120. The summed E-state index contributed by atoms with van der Waals surface area (Å²) in [5, 5.41) is 4.21. The molecule has 0 saturated heterocycles. The van der Waals surface area contributed by atoms with E-state index < -0.39 is 0 Å². The molecule has 0 radical (unpaired) electrons. The van der Waals surface area contributed by atoms with Crippen LogP contribution in [0.1, 0.15) is 21.5 Å². The van der Waals surface area contributed by atoms with E-state index in [4.69, 9.17) is 23.2 Å². The van der Waals surface area contributed by atoms with Crippen LogP contribution in [0.2, 0.25) is 10.0 Å². The number of anilines is 1. The number of rotatable bonds is 5. The summed E-state index contributed by atoms with van der Waals surface area (Å²) in [6.07, 6.45) is 2.50. The smallest absolute Gasteiger partial charge is 0.264 e. The number of carbonyl (C=O) groups excluding carboxylic acids is 2. The molecule has 2 amide bonds. The number of amides is 2. The Balaban J connectivity index is 1.47. The molecule has 0 saturated carbocycles. The molecule has 4 nitrogen and oxygen atoms in total. The largest absolute Gasteiger partial charge is 0.352 e. The number of hydrogen-bond donors (Lipinski definition) is 1. The summed E-state index contributed by atoms with van der Waals surface area (Å²) in [6.45, 7) is 0.506. The summed E-state index contributed by atoms with van der Waals surface area (Å²) in [5.74, 6) is -0.312. The Morgan fingerprint density at radius 3 is 2.56 bits per heavy atom. The molecular weight excluding hydrogens is 463 g/mol. The fourth-order valence-corrected chi connectivity index (χ4v) is 4.74. The van der Waals surface area contributed by atoms with Gasteiger partial charge in [-0.15, -0.1) is 0 Å². The van der Waals surface area contributed by atoms with Gasteiger partial charge in [-0.1, -0.05) is 65.3 Å². The molecule has 162 valence electrons. The average Bonchev–Trinajstić information content (AvgIpc) is 2.79. The third-order valence-corrected chi connectivity index (χ3v) is 6.80. The van der Waals surface area contributed by atoms with Gasteiger partial charge in [0, 0.05) is 34.1 Å². The third-order valence-electron chi connectivity index (χ3n) is 5.12. The average molecular weight is 483 g/mol. The number of benzene rings is 3. The Bertz CT molecular complexity index is 1210. The van der Waals surface area contributed by atoms with Crippen LogP contribution in [-0.4, -0.2) is 25.4 Å². The van der Waals surface area contributed by atoms with Gasteiger partial charge >= 0.3 is 0 Å². The van der Waals surface area contributed by atoms with Crippen LogP contribution in [0.5, 0.6) is 0 Å². The van der Waals surface area contributed by atoms with Gasteiger partial charge in [-0.3, -0.25) is 9.59 Å². The molecule has 1 aliphatic rings. The Kier molecular flexibility index (Phi) is 6.89. The van der Waals surface area contributed by atoms with Crippen molar-refractivity contribution in [1.82, 2.24) is 5.32 Å². The summed E-state index contributed by atoms with van der Waals surface area (Å²) < 4.78 is 0. The molecule has 0 unspecified atom stereocenters. The van der Waals surface area contributed by atoms with Crippen molar-refractivity contribution in [2.45, 2.75) is 11.3 Å². The van der Waals surface area contributed by atoms with Crippen molar-refractivity contribution in [1.29, 1.82) is 0 Å². The van der Waals surface area contributed by atoms with Gasteiger partial charge in [-0.25, -0.2) is 0 Å². The van der Waals surface area contributed by atoms with Gasteiger partial charge in [-0.2, -0.15) is 0 Å². The minimum Gasteiger partial charge on any atom is -0.352 e. The van der Waals surface area contributed by atoms with Crippen molar-refractivity contribution in [3.8, 4) is 0 Å². The Morgan fingerprint density at radius 2 is 1.81 bits per heavy atom. The van der Waals surface area contributed by atoms with E-state index in [9.17, 15) is 9.59 Å². The summed E-state index contributed by atoms with van der Waals surface area (Å²) in [4.78, 5) is 28.6. The molecule has 0 bridgehead atoms. The van der Waals surface area contributed by atoms with Gasteiger partial charge in [0.2, 0.25) is 0 Å². The van der Waals surface area contributed by atoms with Crippen LogP contribution in [0.15, 0.2) is 76.5 Å². The maximum absolute atomic E-state index is 12.9. The zero-order valence-corrected chi connectivity index (χ0v) is 19.6. The highest BCUT2D eigenvalue weighted by Crippen LogP contribution is 2.42. The predicted molar refractivity (Wildman–Crippen MR) is 133 cm³/mol. The van der Waals surface area contributed by atoms with Crippen molar-refractivity contribution in [2.75, 3.05) is 18.5 Å². The van der Waals surface area contributed by atoms with Crippen molar-refractivity contribution < 1.29 is 9.59 Å². The summed E-state index contributed by atoms with van der Waals surface area (Å²) >= 11 is 13.5. The first-order valence-electron chi connectivity index (χ1n) is 10.0. The van der Waals surface area contributed by atoms with E-state index in [1.807, 2.05) is 48.5 Å². The van der Waals surface area contributed by atoms with E-state index in [0.717, 1.165) is 16.0 Å². The molecule has 1 heterocycles. The Morgan fingerprint density at radius 1 is 1.06 bits per heavy atom. The molecule has 3 aromatic carbocycles. The van der Waals surface area contributed by atoms with Crippen LogP contribution in [0.25, 0.3) is 6.08 Å². The normalized spacial score (nSPS) is 14.4. The Labute approximate surface area is 201 Å². The summed E-state index contributed by atoms with van der Waals surface area (Å²) in [7, 11) is 1.71. The lowest BCUT2D eigenvalue weighted by atomic mass is 10.1. The van der Waals surface area contributed by atoms with Gasteiger partial charge in [-0.05, 0) is 60.0 Å². The fourth-order valence-electron chi connectivity index (χ4n) is 3.34. The molecule has 0 aromatic heterocycles. The zero-order valence-electron chi connectivity index (χ0n) is 17.3. The highest BCUT2D eigenvalue weighted by Gasteiger charge is 2.27. The van der Waals surface area contributed by atoms with Crippen LogP contribution < -0.4 is 10.2 Å². The highest BCUT2D eigenvalue weighted by molar-refractivity contribution is 8.04. The number of thioether (sulfide) groups is 1. The summed E-state index contributed by atoms with van der Waals surface area (Å²) in [5.41, 5.74) is 3.11. The molecule has 3 aromatic rings. The number of nitrogens with zero attached hydrogens (tertiary/aromatic N) is 1. The molecule has 0 atom stereocenters. The topological polar surface area (TPSA) is 49.4 Å². The second-order valence-corrected chi connectivity index (χ2v) is 9.24. The second kappa shape index (κ2) is 9.82. The zero-order chi connectivity index (χ0) is 22.7. The van der Waals surface area contributed by atoms with Crippen molar-refractivity contribution in [3.05, 3.63) is 98.4 Å². The van der Waals surface area contributed by atoms with Crippen molar-refractivity contribution in [2.24, 2.45) is 0 Å². The lowest BCUT2D eigenvalue weighted by Gasteiger charge is -2.27. The minimum absolute atomic E-state index is 0.136. The maximum atomic E-state index is 12.9. The molecule has 0 spiro atoms. The third kappa shape index (κ3) is 5.01. The van der Waals surface area contributed by atoms with Gasteiger partial charge in [0.05, 0.1) is 10.6 Å². The van der Waals surface area contributed by atoms with Crippen LogP contribution in [0.3, 0.4) is 0 Å². The Hall–Kier alpha value is -2.73. The number of fused-ring (bicyclic) bond motifs is 1. The van der Waals surface area contributed by atoms with Gasteiger partial charge in [0.15, 0.2) is 0 Å². The van der Waals surface area contributed by atoms with Gasteiger partial charge in [0.25, 0.3) is 11.8 Å². The summed E-state index contributed by atoms with van der Waals surface area (Å²) in [6, 6.07) is 20.4. The number of nitrogens with one attached hydrogen (secondary N) is 1. The van der Waals surface area contributed by atoms with Crippen LogP contribution in [0, 0.1) is 0 Å². The van der Waals surface area contributed by atoms with Crippen LogP contribution in [-0.2, 0) is 11.2 Å². The molecule has 0 fully saturated rings. The molecule has 0 aliphatic carbocycles. The van der Waals surface area contributed by atoms with Crippen LogP contribution >= 0.6 is 35.0 Å². The molecule has 4 rings (SSSR count). The lowest BCUT2D eigenvalue weighted by Crippen LogP contribution is -2.31. The number of carbonyl (C=O) groups is 2. The SMILES string of the molecule is CN1C(=O)/C(=C/c2ccccc2Cl)Sc2ccc(C(=O)NCCc3ccc(Cl)cc3)cc21. The second-order valence-electron chi connectivity index (χ2n) is 7.31. The molecular formula is C25H20Cl2N2O2S. The quantitative estimate of drug-likeness (QED) is 0.448. The highest BCUT2D eigenvalue weighted by atomic mass is 35.5. The van der Waals surface area contributed by atoms with E-state index in [1.165, 1.54) is 11.8 Å². The van der Waals surface area contributed by atoms with E-state index in [2.05, 4.69) is 5.32 Å². The first kappa shape index (κ1) is 22.5. The molecule has 7 heteroatoms. The van der Waals surface area contributed by atoms with E-state index >= 15 is 0 Å². The first-order chi connectivity index (χ1) is 15.4. The number of halogens is 2. The van der Waals surface area contributed by atoms with Crippen LogP contribution in [0.4, 0.5) is 5.69 Å². The van der Waals surface area contributed by atoms with E-state index in [0.29, 0.717) is 39.2 Å². The monoisotopic (exact) mass is 482 g/mol. The number of likely N-dealkylation sites (N-methyl/N-ethyl adjacent to an activating group) is 1. The molecule has 32 heavy (non-hydrogen) atoms. The van der Waals surface area contributed by atoms with E-state index in [1.54, 1.807) is 36.2 Å². The first-order valence-corrected chi connectivity index (χ1v) is 11.6. The van der Waals surface area contributed by atoms with Gasteiger partial charge in [0.1, 0.15) is 0 Å².